The lowest BCUT2D eigenvalue weighted by atomic mass is 9.55. The molecule has 0 spiro atoms. The van der Waals surface area contributed by atoms with E-state index in [4.69, 9.17) is 0 Å². The van der Waals surface area contributed by atoms with E-state index in [0.29, 0.717) is 0 Å². The minimum absolute atomic E-state index is 0.145. The second-order valence-corrected chi connectivity index (χ2v) is 38.0. The summed E-state index contributed by atoms with van der Waals surface area (Å²) >= 11 is 0. The van der Waals surface area contributed by atoms with Crippen molar-refractivity contribution in [3.05, 3.63) is 214 Å². The molecule has 0 aliphatic heterocycles. The van der Waals surface area contributed by atoms with Gasteiger partial charge in [-0.1, -0.05) is 325 Å². The van der Waals surface area contributed by atoms with Crippen LogP contribution in [0.25, 0.3) is 32.7 Å². The average Bonchev–Trinajstić information content (AvgIpc) is 1.50. The lowest BCUT2D eigenvalue weighted by Gasteiger charge is -2.48. The molecule has 0 unspecified atom stereocenters. The Morgan fingerprint density at radius 1 is 0.259 bits per heavy atom. The Hall–Kier alpha value is -7.30. The maximum atomic E-state index is 3.88. The summed E-state index contributed by atoms with van der Waals surface area (Å²) in [7, 11) is 0. The molecule has 108 heavy (non-hydrogen) atoms. The zero-order valence-electron chi connectivity index (χ0n) is 70.5. The first-order valence-corrected chi connectivity index (χ1v) is 43.6. The highest BCUT2D eigenvalue weighted by Gasteiger charge is 2.66. The highest BCUT2D eigenvalue weighted by molar-refractivity contribution is 6.12. The largest absolute Gasteiger partial charge is 0.356 e. The Labute approximate surface area is 657 Å². The number of hydrogen-bond donors (Lipinski definition) is 4. The van der Waals surface area contributed by atoms with Gasteiger partial charge in [-0.25, -0.2) is 0 Å². The first-order valence-electron chi connectivity index (χ1n) is 43.6. The fourth-order valence-electron chi connectivity index (χ4n) is 19.2. The van der Waals surface area contributed by atoms with Crippen LogP contribution in [0.15, 0.2) is 170 Å². The quantitative estimate of drug-likeness (QED) is 0.0240. The molecule has 3 aliphatic rings. The van der Waals surface area contributed by atoms with Crippen LogP contribution < -0.4 is 21.3 Å². The van der Waals surface area contributed by atoms with Gasteiger partial charge in [0.25, 0.3) is 0 Å². The van der Waals surface area contributed by atoms with E-state index in [9.17, 15) is 0 Å². The van der Waals surface area contributed by atoms with E-state index in [1.165, 1.54) is 269 Å². The van der Waals surface area contributed by atoms with Crippen LogP contribution in [0.1, 0.15) is 335 Å². The van der Waals surface area contributed by atoms with E-state index in [1.807, 2.05) is 0 Å². The first-order chi connectivity index (χ1) is 51.8. The number of benzene rings is 9. The summed E-state index contributed by atoms with van der Waals surface area (Å²) in [5, 5.41) is 20.9. The topological polar surface area (TPSA) is 48.1 Å². The van der Waals surface area contributed by atoms with E-state index < -0.39 is 0 Å². The summed E-state index contributed by atoms with van der Waals surface area (Å²) in [6.45, 7) is 36.7. The number of fused-ring (bicyclic) bond motifs is 6. The lowest BCUT2D eigenvalue weighted by molar-refractivity contribution is 0.299. The van der Waals surface area contributed by atoms with Crippen molar-refractivity contribution in [3.63, 3.8) is 0 Å². The zero-order valence-corrected chi connectivity index (χ0v) is 70.5. The van der Waals surface area contributed by atoms with Gasteiger partial charge in [-0.3, -0.25) is 0 Å². The van der Waals surface area contributed by atoms with Crippen LogP contribution in [0.4, 0.5) is 45.5 Å². The summed E-state index contributed by atoms with van der Waals surface area (Å²) in [6, 6.07) is 65.4. The van der Waals surface area contributed by atoms with Crippen molar-refractivity contribution in [3.8, 4) is 11.1 Å². The number of nitrogens with one attached hydrogen (secondary N) is 4. The third kappa shape index (κ3) is 20.2. The minimum Gasteiger partial charge on any atom is -0.356 e. The van der Waals surface area contributed by atoms with Crippen molar-refractivity contribution in [1.82, 2.24) is 0 Å². The zero-order chi connectivity index (χ0) is 76.7. The minimum atomic E-state index is 0.145. The van der Waals surface area contributed by atoms with Crippen molar-refractivity contribution in [2.45, 2.75) is 336 Å². The smallest absolute Gasteiger partial charge is 0.0390 e. The summed E-state index contributed by atoms with van der Waals surface area (Å²) in [6.07, 6.45) is 39.9. The number of aryl methyl sites for hydroxylation is 2. The summed E-state index contributed by atoms with van der Waals surface area (Å²) < 4.78 is 0. The molecule has 4 N–H and O–H groups in total. The molecule has 4 heteroatoms. The lowest BCUT2D eigenvalue weighted by Crippen LogP contribution is -2.43. The Morgan fingerprint density at radius 3 is 0.778 bits per heavy atom. The van der Waals surface area contributed by atoms with Crippen LogP contribution >= 0.6 is 0 Å². The van der Waals surface area contributed by atoms with E-state index in [-0.39, 0.29) is 32.5 Å². The number of rotatable bonds is 34. The van der Waals surface area contributed by atoms with Gasteiger partial charge in [0.05, 0.1) is 0 Å². The summed E-state index contributed by atoms with van der Waals surface area (Å²) in [4.78, 5) is 0. The van der Waals surface area contributed by atoms with E-state index in [2.05, 4.69) is 302 Å². The molecule has 0 atom stereocenters. The van der Waals surface area contributed by atoms with E-state index in [1.54, 1.807) is 22.3 Å². The molecule has 4 nitrogen and oxygen atoms in total. The molecule has 3 aliphatic carbocycles. The molecule has 0 bridgehead atoms. The van der Waals surface area contributed by atoms with Crippen molar-refractivity contribution in [2.75, 3.05) is 21.3 Å². The molecular weight excluding hydrogens is 1310 g/mol. The molecular formula is C104H142N4. The van der Waals surface area contributed by atoms with Crippen LogP contribution in [0.3, 0.4) is 0 Å². The molecule has 578 valence electrons. The molecule has 0 aromatic heterocycles. The van der Waals surface area contributed by atoms with Crippen LogP contribution in [0.2, 0.25) is 0 Å². The fraction of sp³-hybridized carbons (Fsp3) is 0.519. The second-order valence-electron chi connectivity index (χ2n) is 38.0. The Balaban J connectivity index is 0.000000216. The first kappa shape index (κ1) is 81.7. The van der Waals surface area contributed by atoms with Crippen LogP contribution in [0.5, 0.6) is 0 Å². The molecule has 12 rings (SSSR count). The van der Waals surface area contributed by atoms with Crippen LogP contribution in [-0.4, -0.2) is 0 Å². The van der Waals surface area contributed by atoms with Crippen molar-refractivity contribution < 1.29 is 0 Å². The molecule has 0 radical (unpaired) electrons. The fourth-order valence-corrected chi connectivity index (χ4v) is 19.2. The predicted octanol–water partition coefficient (Wildman–Crippen LogP) is 32.3. The number of hydrogen-bond acceptors (Lipinski definition) is 4. The maximum absolute atomic E-state index is 3.88. The van der Waals surface area contributed by atoms with Gasteiger partial charge in [-0.15, -0.1) is 0 Å². The van der Waals surface area contributed by atoms with Gasteiger partial charge in [0.2, 0.25) is 0 Å². The molecule has 9 aromatic rings. The highest BCUT2D eigenvalue weighted by atomic mass is 14.9. The van der Waals surface area contributed by atoms with Gasteiger partial charge in [0, 0.05) is 56.3 Å². The van der Waals surface area contributed by atoms with Crippen LogP contribution in [0, 0.1) is 11.8 Å². The third-order valence-corrected chi connectivity index (χ3v) is 25.3. The number of unbranched alkanes of at least 4 members (excludes halogenated alkanes) is 18. The Bertz CT molecular complexity index is 4020. The molecule has 2 saturated carbocycles. The van der Waals surface area contributed by atoms with Gasteiger partial charge in [0.1, 0.15) is 0 Å². The monoisotopic (exact) mass is 1450 g/mol. The Morgan fingerprint density at radius 2 is 0.500 bits per heavy atom. The molecule has 0 amide bonds. The normalized spacial score (nSPS) is 17.6. The van der Waals surface area contributed by atoms with Gasteiger partial charge < -0.3 is 21.3 Å². The SMILES string of the molecule is CCCCCCCC1CC23CC(CCCCCCC)CC2(C1)c1cc(Nc2ccc(C(C)(C)C)cc2)ccc1-c1ccc(Nc2ccc(C(C)(C)C)cc2)cc13.CCCCCCCCc1c(CCCCCCCC)c2cc(Nc3ccc(C(C)(C)C)cc3)ccc2c2ccc(Nc3ccc(C(C)(C)C)cc3)cc12. The maximum Gasteiger partial charge on any atom is 0.0390 e. The molecule has 0 heterocycles. The average molecular weight is 1450 g/mol. The molecule has 2 fully saturated rings. The Kier molecular flexibility index (Phi) is 27.7. The summed E-state index contributed by atoms with van der Waals surface area (Å²) in [5.41, 5.74) is 25.3. The molecule has 0 saturated heterocycles. The van der Waals surface area contributed by atoms with Gasteiger partial charge >= 0.3 is 0 Å². The third-order valence-electron chi connectivity index (χ3n) is 25.3. The van der Waals surface area contributed by atoms with E-state index >= 15 is 0 Å². The van der Waals surface area contributed by atoms with Crippen molar-refractivity contribution in [1.29, 1.82) is 0 Å². The second kappa shape index (κ2) is 36.7. The van der Waals surface area contributed by atoms with Gasteiger partial charge in [0.15, 0.2) is 0 Å². The number of anilines is 8. The summed E-state index contributed by atoms with van der Waals surface area (Å²) in [5.74, 6) is 1.56. The van der Waals surface area contributed by atoms with Crippen molar-refractivity contribution in [2.24, 2.45) is 11.8 Å². The van der Waals surface area contributed by atoms with Gasteiger partial charge in [-0.05, 0) is 259 Å². The van der Waals surface area contributed by atoms with Crippen molar-refractivity contribution >= 4 is 67.0 Å². The standard InChI is InChI=1S/C54H74N2.C50H68N2/c1-9-11-13-15-17-19-39-35-53-37-40(20-18-16-14-12-10-2)38-54(53,36-39)50-34-46(56-44-27-23-42(24-28-44)52(6,7)8)30-32-48(50)47-31-29-45(33-49(47)53)55-43-25-21-41(22-26-43)51(3,4)5;1-9-11-13-15-17-19-21-43-44(22-20-18-16-14-12-10-2)48-36-42(52-40-29-25-38(26-30-40)50(6,7)8)32-34-46(48)45-33-31-41(35-47(43)45)51-39-27-23-37(24-28-39)49(3,4)5/h21-34,39-40,55-56H,9-20,35-38H2,1-8H3;23-36,51-52H,9-22H2,1-8H3. The van der Waals surface area contributed by atoms with Gasteiger partial charge in [-0.2, -0.15) is 0 Å². The predicted molar refractivity (Wildman–Crippen MR) is 477 cm³/mol. The van der Waals surface area contributed by atoms with Crippen LogP contribution in [-0.2, 0) is 45.3 Å². The van der Waals surface area contributed by atoms with E-state index in [0.717, 1.165) is 36.1 Å². The molecule has 9 aromatic carbocycles. The highest BCUT2D eigenvalue weighted by Crippen LogP contribution is 2.73.